The average Bonchev–Trinajstić information content (AvgIpc) is 2.68. The normalized spacial score (nSPS) is 34.9. The summed E-state index contributed by atoms with van der Waals surface area (Å²) in [6, 6.07) is 0. The first-order valence-electron chi connectivity index (χ1n) is 6.28. The summed E-state index contributed by atoms with van der Waals surface area (Å²) in [4.78, 5) is 11.4. The third-order valence-corrected chi connectivity index (χ3v) is 4.28. The van der Waals surface area contributed by atoms with Crippen LogP contribution in [0.4, 0.5) is 4.79 Å². The van der Waals surface area contributed by atoms with Gasteiger partial charge in [0.2, 0.25) is 3.79 Å². The van der Waals surface area contributed by atoms with Crippen LogP contribution in [0.2, 0.25) is 0 Å². The Morgan fingerprint density at radius 2 is 1.90 bits per heavy atom. The van der Waals surface area contributed by atoms with Gasteiger partial charge in [0, 0.05) is 13.5 Å². The molecule has 2 rings (SSSR count). The molecule has 0 saturated carbocycles. The van der Waals surface area contributed by atoms with E-state index in [4.69, 9.17) is 59.2 Å². The molecule has 6 nitrogen and oxygen atoms in total. The number of alkyl halides is 3. The van der Waals surface area contributed by atoms with Crippen LogP contribution in [0, 0.1) is 5.41 Å². The van der Waals surface area contributed by atoms with Gasteiger partial charge in [0.1, 0.15) is 12.2 Å². The van der Waals surface area contributed by atoms with Gasteiger partial charge in [0.15, 0.2) is 12.2 Å². The van der Waals surface area contributed by atoms with E-state index in [0.717, 1.165) is 0 Å². The minimum Gasteiger partial charge on any atom is -0.424 e. The van der Waals surface area contributed by atoms with Crippen LogP contribution in [0.5, 0.6) is 0 Å². The highest BCUT2D eigenvalue weighted by molar-refractivity contribution is 6.76. The van der Waals surface area contributed by atoms with Crippen molar-refractivity contribution in [2.75, 3.05) is 7.11 Å². The molecule has 0 aliphatic carbocycles. The van der Waals surface area contributed by atoms with Crippen molar-refractivity contribution < 1.29 is 23.7 Å². The molecule has 2 heterocycles. The second-order valence-electron chi connectivity index (χ2n) is 5.51. The summed E-state index contributed by atoms with van der Waals surface area (Å²) in [7, 11) is 1.50. The number of hydrogen-bond acceptors (Lipinski definition) is 6. The van der Waals surface area contributed by atoms with Gasteiger partial charge in [0.05, 0.1) is 11.3 Å². The number of carbonyl (C=O) groups is 1. The van der Waals surface area contributed by atoms with E-state index in [2.05, 4.69) is 0 Å². The number of ether oxygens (including phenoxy) is 4. The van der Waals surface area contributed by atoms with E-state index in [9.17, 15) is 4.79 Å². The Balaban J connectivity index is 2.22. The van der Waals surface area contributed by atoms with E-state index in [1.54, 1.807) is 13.8 Å². The van der Waals surface area contributed by atoms with Gasteiger partial charge in [-0.15, -0.1) is 0 Å². The smallest absolute Gasteiger partial charge is 0.424 e. The SMILES string of the molecule is COC1C2OC(=O)OC2C(CC(=N)C(Cl)(Cl)Cl)OC1(C)C. The highest BCUT2D eigenvalue weighted by Crippen LogP contribution is 2.40. The number of hydrogen-bond donors (Lipinski definition) is 1. The van der Waals surface area contributed by atoms with Gasteiger partial charge in [-0.2, -0.15) is 0 Å². The molecule has 0 aromatic rings. The summed E-state index contributed by atoms with van der Waals surface area (Å²) in [5.74, 6) is 0. The summed E-state index contributed by atoms with van der Waals surface area (Å²) >= 11 is 17.1. The van der Waals surface area contributed by atoms with Crippen LogP contribution in [0.1, 0.15) is 20.3 Å². The lowest BCUT2D eigenvalue weighted by molar-refractivity contribution is -0.233. The first-order valence-corrected chi connectivity index (χ1v) is 7.42. The molecule has 21 heavy (non-hydrogen) atoms. The van der Waals surface area contributed by atoms with Crippen molar-refractivity contribution in [2.24, 2.45) is 0 Å². The molecule has 2 aliphatic rings. The van der Waals surface area contributed by atoms with E-state index < -0.39 is 40.0 Å². The summed E-state index contributed by atoms with van der Waals surface area (Å²) in [6.45, 7) is 3.60. The number of fused-ring (bicyclic) bond motifs is 1. The molecule has 0 aromatic carbocycles. The maximum Gasteiger partial charge on any atom is 0.509 e. The zero-order chi connectivity index (χ0) is 16.0. The van der Waals surface area contributed by atoms with Gasteiger partial charge < -0.3 is 24.4 Å². The summed E-state index contributed by atoms with van der Waals surface area (Å²) < 4.78 is 19.7. The molecule has 1 N–H and O–H groups in total. The fourth-order valence-corrected chi connectivity index (χ4v) is 2.95. The van der Waals surface area contributed by atoms with Gasteiger partial charge in [0.25, 0.3) is 0 Å². The third kappa shape index (κ3) is 3.40. The highest BCUT2D eigenvalue weighted by atomic mass is 35.6. The Hall–Kier alpha value is -0.270. The monoisotopic (exact) mass is 359 g/mol. The molecule has 4 atom stereocenters. The van der Waals surface area contributed by atoms with Crippen molar-refractivity contribution in [1.29, 1.82) is 5.41 Å². The lowest BCUT2D eigenvalue weighted by Crippen LogP contribution is -2.62. The van der Waals surface area contributed by atoms with Crippen LogP contribution in [0.3, 0.4) is 0 Å². The van der Waals surface area contributed by atoms with Gasteiger partial charge in [-0.1, -0.05) is 34.8 Å². The zero-order valence-electron chi connectivity index (χ0n) is 11.7. The van der Waals surface area contributed by atoms with Crippen molar-refractivity contribution in [1.82, 2.24) is 0 Å². The number of methoxy groups -OCH3 is 1. The second-order valence-corrected chi connectivity index (χ2v) is 7.79. The molecule has 0 radical (unpaired) electrons. The molecule has 2 saturated heterocycles. The number of carbonyl (C=O) groups excluding carboxylic acids is 1. The van der Waals surface area contributed by atoms with Crippen molar-refractivity contribution >= 4 is 46.7 Å². The third-order valence-electron chi connectivity index (χ3n) is 3.59. The minimum atomic E-state index is -1.83. The predicted molar refractivity (Wildman–Crippen MR) is 77.5 cm³/mol. The van der Waals surface area contributed by atoms with Crippen LogP contribution in [-0.2, 0) is 18.9 Å². The fraction of sp³-hybridized carbons (Fsp3) is 0.833. The summed E-state index contributed by atoms with van der Waals surface area (Å²) in [5.41, 5.74) is -0.895. The van der Waals surface area contributed by atoms with Crippen molar-refractivity contribution in [3.63, 3.8) is 0 Å². The largest absolute Gasteiger partial charge is 0.509 e. The molecule has 4 unspecified atom stereocenters. The molecule has 2 aliphatic heterocycles. The van der Waals surface area contributed by atoms with Crippen LogP contribution in [0.25, 0.3) is 0 Å². The molecule has 0 spiro atoms. The van der Waals surface area contributed by atoms with Crippen LogP contribution in [-0.4, -0.2) is 52.8 Å². The maximum atomic E-state index is 11.4. The average molecular weight is 361 g/mol. The predicted octanol–water partition coefficient (Wildman–Crippen LogP) is 2.86. The molecule has 120 valence electrons. The topological polar surface area (TPSA) is 77.8 Å². The summed E-state index contributed by atoms with van der Waals surface area (Å²) in [5, 5.41) is 7.81. The molecule has 0 bridgehead atoms. The molecule has 2 fully saturated rings. The Kier molecular flexibility index (Phi) is 4.67. The number of nitrogens with one attached hydrogen (secondary N) is 1. The second kappa shape index (κ2) is 5.74. The quantitative estimate of drug-likeness (QED) is 0.476. The number of rotatable bonds is 3. The van der Waals surface area contributed by atoms with E-state index >= 15 is 0 Å². The highest BCUT2D eigenvalue weighted by Gasteiger charge is 2.58. The lowest BCUT2D eigenvalue weighted by Gasteiger charge is -2.45. The van der Waals surface area contributed by atoms with Crippen LogP contribution < -0.4 is 0 Å². The lowest BCUT2D eigenvalue weighted by atomic mass is 9.86. The molecule has 0 amide bonds. The van der Waals surface area contributed by atoms with E-state index in [1.165, 1.54) is 7.11 Å². The van der Waals surface area contributed by atoms with Crippen LogP contribution >= 0.6 is 34.8 Å². The molecular weight excluding hydrogens is 344 g/mol. The van der Waals surface area contributed by atoms with E-state index in [0.29, 0.717) is 0 Å². The van der Waals surface area contributed by atoms with Gasteiger partial charge in [-0.25, -0.2) is 4.79 Å². The standard InChI is InChI=1S/C12H16Cl3NO5/c1-11(2)9(18-3)8-7(19-10(17)20-8)5(21-11)4-6(16)12(13,14)15/h5,7-9,16H,4H2,1-3H3. The number of halogens is 3. The minimum absolute atomic E-state index is 0.00811. The van der Waals surface area contributed by atoms with Gasteiger partial charge in [-0.05, 0) is 13.8 Å². The van der Waals surface area contributed by atoms with Crippen molar-refractivity contribution in [3.8, 4) is 0 Å². The van der Waals surface area contributed by atoms with Crippen LogP contribution in [0.15, 0.2) is 0 Å². The van der Waals surface area contributed by atoms with E-state index in [-0.39, 0.29) is 12.1 Å². The molecule has 9 heteroatoms. The van der Waals surface area contributed by atoms with Crippen molar-refractivity contribution in [3.05, 3.63) is 0 Å². The first-order chi connectivity index (χ1) is 9.56. The zero-order valence-corrected chi connectivity index (χ0v) is 14.0. The molecule has 0 aromatic heterocycles. The first kappa shape index (κ1) is 17.1. The van der Waals surface area contributed by atoms with E-state index in [1.807, 2.05) is 0 Å². The maximum absolute atomic E-state index is 11.4. The summed E-state index contributed by atoms with van der Waals surface area (Å²) in [6.07, 6.45) is -3.26. The van der Waals surface area contributed by atoms with Gasteiger partial charge in [-0.3, -0.25) is 0 Å². The Labute approximate surface area is 137 Å². The Bertz CT molecular complexity index is 451. The molecular formula is C12H16Cl3NO5. The Morgan fingerprint density at radius 3 is 2.43 bits per heavy atom. The fourth-order valence-electron chi connectivity index (χ4n) is 2.72. The van der Waals surface area contributed by atoms with Crippen molar-refractivity contribution in [2.45, 2.75) is 54.1 Å². The Morgan fingerprint density at radius 1 is 1.33 bits per heavy atom. The van der Waals surface area contributed by atoms with Gasteiger partial charge >= 0.3 is 6.16 Å².